The number of esters is 2. The first-order chi connectivity index (χ1) is 35.5. The molecule has 424 valence electrons. The number of rotatable bonds is 55. The van der Waals surface area contributed by atoms with Gasteiger partial charge in [-0.1, -0.05) is 260 Å². The third-order valence-electron chi connectivity index (χ3n) is 13.0. The van der Waals surface area contributed by atoms with Crippen LogP contribution in [0.5, 0.6) is 0 Å². The second kappa shape index (κ2) is 54.2. The van der Waals surface area contributed by atoms with Gasteiger partial charge in [0.25, 0.3) is 7.82 Å². The highest BCUT2D eigenvalue weighted by molar-refractivity contribution is 7.45. The standard InChI is InChI=1S/C63H114NO8P/c1-6-8-10-12-14-16-18-19-20-21-22-23-24-25-26-27-28-29-30-31-32-33-34-35-36-37-38-39-40-41-42-43-44-45-46-48-50-52-54-56-63(66)72-61(60-71-73(67,68)70-58-57-64(3,4)5)59-69-62(65)55-53-51-49-47-17-15-13-11-9-7-2/h8,10,14,16,19-20,22-23,25-26,28-29,61H,6-7,9,11-13,15,17-18,21,24,27,30-60H2,1-5H3/b10-8-,16-14-,20-19-,23-22-,26-25-,29-28-. The van der Waals surface area contributed by atoms with Gasteiger partial charge in [0, 0.05) is 12.8 Å². The Morgan fingerprint density at radius 2 is 0.781 bits per heavy atom. The molecule has 0 bridgehead atoms. The molecule has 2 atom stereocenters. The molecular formula is C63H114NO8P. The number of allylic oxidation sites excluding steroid dienone is 12. The molecule has 0 saturated heterocycles. The van der Waals surface area contributed by atoms with Crippen LogP contribution < -0.4 is 4.89 Å². The molecule has 0 radical (unpaired) electrons. The predicted molar refractivity (Wildman–Crippen MR) is 309 cm³/mol. The van der Waals surface area contributed by atoms with E-state index in [0.717, 1.165) is 77.0 Å². The molecule has 0 spiro atoms. The number of hydrogen-bond acceptors (Lipinski definition) is 8. The number of carbonyl (C=O) groups is 2. The molecule has 0 amide bonds. The maximum atomic E-state index is 12.8. The molecule has 0 heterocycles. The minimum Gasteiger partial charge on any atom is -0.756 e. The summed E-state index contributed by atoms with van der Waals surface area (Å²) in [6.45, 7) is 4.12. The van der Waals surface area contributed by atoms with Crippen LogP contribution in [0.2, 0.25) is 0 Å². The van der Waals surface area contributed by atoms with E-state index in [0.29, 0.717) is 17.4 Å². The van der Waals surface area contributed by atoms with E-state index in [4.69, 9.17) is 18.5 Å². The van der Waals surface area contributed by atoms with Gasteiger partial charge in [-0.2, -0.15) is 0 Å². The molecule has 0 aromatic rings. The second-order valence-electron chi connectivity index (χ2n) is 21.3. The van der Waals surface area contributed by atoms with Crippen molar-refractivity contribution in [3.05, 3.63) is 72.9 Å². The van der Waals surface area contributed by atoms with Gasteiger partial charge in [-0.15, -0.1) is 0 Å². The zero-order valence-corrected chi connectivity index (χ0v) is 49.0. The quantitative estimate of drug-likeness (QED) is 0.0195. The van der Waals surface area contributed by atoms with Crippen LogP contribution in [0.25, 0.3) is 0 Å². The van der Waals surface area contributed by atoms with Gasteiger partial charge in [-0.05, 0) is 64.2 Å². The summed E-state index contributed by atoms with van der Waals surface area (Å²) < 4.78 is 34.0. The lowest BCUT2D eigenvalue weighted by atomic mass is 10.0. The van der Waals surface area contributed by atoms with Crippen molar-refractivity contribution in [2.45, 2.75) is 270 Å². The minimum atomic E-state index is -4.63. The fraction of sp³-hybridized carbons (Fsp3) is 0.778. The maximum absolute atomic E-state index is 12.8. The summed E-state index contributed by atoms with van der Waals surface area (Å²) in [5, 5.41) is 0. The Bertz CT molecular complexity index is 1460. The van der Waals surface area contributed by atoms with E-state index in [1.54, 1.807) is 0 Å². The van der Waals surface area contributed by atoms with Crippen molar-refractivity contribution in [2.24, 2.45) is 0 Å². The fourth-order valence-corrected chi connectivity index (χ4v) is 9.10. The molecule has 0 rings (SSSR count). The number of phosphoric acid groups is 1. The first kappa shape index (κ1) is 70.5. The molecule has 10 heteroatoms. The summed E-state index contributed by atoms with van der Waals surface area (Å²) in [7, 11) is 1.17. The summed E-state index contributed by atoms with van der Waals surface area (Å²) in [6.07, 6.45) is 71.3. The van der Waals surface area contributed by atoms with Crippen LogP contribution in [-0.4, -0.2) is 70.0 Å². The van der Waals surface area contributed by atoms with E-state index >= 15 is 0 Å². The average Bonchev–Trinajstić information content (AvgIpc) is 3.35. The van der Waals surface area contributed by atoms with Crippen molar-refractivity contribution in [2.75, 3.05) is 47.5 Å². The lowest BCUT2D eigenvalue weighted by Crippen LogP contribution is -2.37. The second-order valence-corrected chi connectivity index (χ2v) is 22.8. The predicted octanol–water partition coefficient (Wildman–Crippen LogP) is 18.2. The lowest BCUT2D eigenvalue weighted by Gasteiger charge is -2.28. The van der Waals surface area contributed by atoms with Crippen LogP contribution in [-0.2, 0) is 32.7 Å². The number of quaternary nitrogens is 1. The van der Waals surface area contributed by atoms with E-state index in [9.17, 15) is 19.0 Å². The number of unbranched alkanes of at least 4 members (excludes halogenated alkanes) is 29. The highest BCUT2D eigenvalue weighted by atomic mass is 31.2. The van der Waals surface area contributed by atoms with Crippen molar-refractivity contribution in [3.63, 3.8) is 0 Å². The van der Waals surface area contributed by atoms with Gasteiger partial charge < -0.3 is 27.9 Å². The Morgan fingerprint density at radius 3 is 1.16 bits per heavy atom. The van der Waals surface area contributed by atoms with Gasteiger partial charge in [-0.25, -0.2) is 0 Å². The van der Waals surface area contributed by atoms with Crippen molar-refractivity contribution in [1.29, 1.82) is 0 Å². The molecule has 9 nitrogen and oxygen atoms in total. The highest BCUT2D eigenvalue weighted by Gasteiger charge is 2.22. The van der Waals surface area contributed by atoms with Crippen LogP contribution in [0.3, 0.4) is 0 Å². The third kappa shape index (κ3) is 58.6. The number of hydrogen-bond donors (Lipinski definition) is 0. The van der Waals surface area contributed by atoms with Gasteiger partial charge in [0.2, 0.25) is 0 Å². The zero-order chi connectivity index (χ0) is 53.5. The van der Waals surface area contributed by atoms with Gasteiger partial charge in [0.05, 0.1) is 27.7 Å². The molecular weight excluding hydrogens is 930 g/mol. The molecule has 0 aromatic carbocycles. The average molecular weight is 1040 g/mol. The number of phosphoric ester groups is 1. The number of carbonyl (C=O) groups excluding carboxylic acids is 2. The van der Waals surface area contributed by atoms with Crippen LogP contribution in [0.4, 0.5) is 0 Å². The smallest absolute Gasteiger partial charge is 0.306 e. The Kier molecular flexibility index (Phi) is 52.4. The Balaban J connectivity index is 3.89. The first-order valence-corrected chi connectivity index (χ1v) is 31.6. The zero-order valence-electron chi connectivity index (χ0n) is 48.1. The summed E-state index contributed by atoms with van der Waals surface area (Å²) in [6, 6.07) is 0. The Labute approximate surface area is 450 Å². The third-order valence-corrected chi connectivity index (χ3v) is 14.0. The molecule has 0 saturated carbocycles. The van der Waals surface area contributed by atoms with E-state index in [1.807, 2.05) is 21.1 Å². The highest BCUT2D eigenvalue weighted by Crippen LogP contribution is 2.38. The number of likely N-dealkylation sites (N-methyl/N-ethyl adjacent to an activating group) is 1. The van der Waals surface area contributed by atoms with Crippen LogP contribution in [0.1, 0.15) is 264 Å². The van der Waals surface area contributed by atoms with Gasteiger partial charge in [-0.3, -0.25) is 14.2 Å². The molecule has 0 N–H and O–H groups in total. The number of nitrogens with zero attached hydrogens (tertiary/aromatic N) is 1. The SMILES string of the molecule is CC/C=C\C/C=C\C/C=C\C/C=C\C/C=C\C/C=C\CCCCCCCCCCCCCCCCCCCCCCC(=O)OC(COC(=O)CCCCCCCCCCCC)COP(=O)([O-])OCC[N+](C)(C)C. The van der Waals surface area contributed by atoms with Gasteiger partial charge in [0.15, 0.2) is 6.10 Å². The fourth-order valence-electron chi connectivity index (χ4n) is 8.37. The summed E-state index contributed by atoms with van der Waals surface area (Å²) in [4.78, 5) is 37.7. The minimum absolute atomic E-state index is 0.0296. The van der Waals surface area contributed by atoms with Crippen molar-refractivity contribution >= 4 is 19.8 Å². The van der Waals surface area contributed by atoms with Gasteiger partial charge in [0.1, 0.15) is 19.8 Å². The molecule has 0 aliphatic heterocycles. The van der Waals surface area contributed by atoms with Crippen molar-refractivity contribution in [1.82, 2.24) is 0 Å². The molecule has 0 aromatic heterocycles. The molecule has 0 aliphatic carbocycles. The lowest BCUT2D eigenvalue weighted by molar-refractivity contribution is -0.870. The monoisotopic (exact) mass is 1040 g/mol. The largest absolute Gasteiger partial charge is 0.756 e. The van der Waals surface area contributed by atoms with Crippen LogP contribution >= 0.6 is 7.82 Å². The summed E-state index contributed by atoms with van der Waals surface area (Å²) in [5.74, 6) is -0.826. The molecule has 0 aliphatic rings. The van der Waals surface area contributed by atoms with E-state index < -0.39 is 26.5 Å². The maximum Gasteiger partial charge on any atom is 0.306 e. The molecule has 73 heavy (non-hydrogen) atoms. The number of ether oxygens (including phenoxy) is 2. The van der Waals surface area contributed by atoms with Crippen LogP contribution in [0, 0.1) is 0 Å². The molecule has 0 fully saturated rings. The van der Waals surface area contributed by atoms with Crippen molar-refractivity contribution < 1.29 is 42.1 Å². The van der Waals surface area contributed by atoms with E-state index in [2.05, 4.69) is 86.8 Å². The van der Waals surface area contributed by atoms with Crippen molar-refractivity contribution in [3.8, 4) is 0 Å². The topological polar surface area (TPSA) is 111 Å². The summed E-state index contributed by atoms with van der Waals surface area (Å²) in [5.41, 5.74) is 0. The Morgan fingerprint density at radius 1 is 0.438 bits per heavy atom. The first-order valence-electron chi connectivity index (χ1n) is 30.1. The van der Waals surface area contributed by atoms with Gasteiger partial charge >= 0.3 is 11.9 Å². The normalized spacial score (nSPS) is 13.8. The van der Waals surface area contributed by atoms with Crippen LogP contribution in [0.15, 0.2) is 72.9 Å². The van der Waals surface area contributed by atoms with E-state index in [-0.39, 0.29) is 32.0 Å². The van der Waals surface area contributed by atoms with E-state index in [1.165, 1.54) is 154 Å². The Hall–Kier alpha value is -2.55. The molecule has 2 unspecified atom stereocenters. The summed E-state index contributed by atoms with van der Waals surface area (Å²) >= 11 is 0.